The number of aliphatic hydroxyl groups is 1. The monoisotopic (exact) mass is 432 g/mol. The lowest BCUT2D eigenvalue weighted by atomic mass is 10.2. The van der Waals surface area contributed by atoms with Crippen molar-refractivity contribution in [3.8, 4) is 17.4 Å². The molecule has 0 unspecified atom stereocenters. The number of amidine groups is 1. The molecule has 3 rings (SSSR count). The summed E-state index contributed by atoms with van der Waals surface area (Å²) < 4.78 is 9.71. The maximum Gasteiger partial charge on any atom is 0.236 e. The molecule has 29 heavy (non-hydrogen) atoms. The first-order valence-electron chi connectivity index (χ1n) is 8.99. The minimum absolute atomic E-state index is 0.0828. The highest BCUT2D eigenvalue weighted by Gasteiger charge is 2.18. The number of rotatable bonds is 9. The Bertz CT molecular complexity index is 945. The van der Waals surface area contributed by atoms with Crippen LogP contribution >= 0.6 is 23.1 Å². The minimum atomic E-state index is -0.195. The first-order valence-corrected chi connectivity index (χ1v) is 10.1. The average molecular weight is 433 g/mol. The minimum Gasteiger partial charge on any atom is -0.492 e. The number of ether oxygens (including phenoxy) is 1. The molecule has 0 saturated carbocycles. The number of hydrogen-bond acceptors (Lipinski definition) is 7. The zero-order chi connectivity index (χ0) is 20.6. The van der Waals surface area contributed by atoms with Gasteiger partial charge in [-0.25, -0.2) is 0 Å². The number of anilines is 2. The molecule has 0 aliphatic rings. The van der Waals surface area contributed by atoms with Gasteiger partial charge in [0.25, 0.3) is 0 Å². The summed E-state index contributed by atoms with van der Waals surface area (Å²) in [4.78, 5) is 0. The SMILES string of the molecule is N=C(NCCCCO)c1c(O)nsc1Nc1ccc(Oc2ccc(Cl)cc2)cc1. The van der Waals surface area contributed by atoms with Gasteiger partial charge in [0.2, 0.25) is 5.88 Å². The summed E-state index contributed by atoms with van der Waals surface area (Å²) in [5, 5.41) is 34.3. The van der Waals surface area contributed by atoms with Crippen LogP contribution in [0.4, 0.5) is 10.7 Å². The van der Waals surface area contributed by atoms with Crippen molar-refractivity contribution >= 4 is 39.7 Å². The van der Waals surface area contributed by atoms with E-state index >= 15 is 0 Å². The molecular weight excluding hydrogens is 412 g/mol. The molecular formula is C20H21ClN4O3S. The lowest BCUT2D eigenvalue weighted by Gasteiger charge is -2.11. The number of hydrogen-bond donors (Lipinski definition) is 5. The predicted molar refractivity (Wildman–Crippen MR) is 116 cm³/mol. The number of aromatic hydroxyl groups is 1. The number of aromatic nitrogens is 1. The fourth-order valence-electron chi connectivity index (χ4n) is 2.51. The number of aliphatic hydroxyl groups excluding tert-OH is 1. The Hall–Kier alpha value is -2.81. The van der Waals surface area contributed by atoms with E-state index in [-0.39, 0.29) is 18.3 Å². The number of nitrogens with zero attached hydrogens (tertiary/aromatic N) is 1. The fraction of sp³-hybridized carbons (Fsp3) is 0.200. The van der Waals surface area contributed by atoms with E-state index in [1.807, 2.05) is 24.3 Å². The van der Waals surface area contributed by atoms with Crippen molar-refractivity contribution in [2.75, 3.05) is 18.5 Å². The van der Waals surface area contributed by atoms with Crippen molar-refractivity contribution in [2.45, 2.75) is 12.8 Å². The van der Waals surface area contributed by atoms with Crippen molar-refractivity contribution < 1.29 is 14.9 Å². The van der Waals surface area contributed by atoms with E-state index in [9.17, 15) is 5.11 Å². The Morgan fingerprint density at radius 2 is 1.72 bits per heavy atom. The number of benzene rings is 2. The second-order valence-corrected chi connectivity index (χ2v) is 7.36. The van der Waals surface area contributed by atoms with Crippen molar-refractivity contribution in [2.24, 2.45) is 0 Å². The molecule has 0 spiro atoms. The van der Waals surface area contributed by atoms with E-state index in [2.05, 4.69) is 15.0 Å². The van der Waals surface area contributed by atoms with Gasteiger partial charge in [-0.05, 0) is 72.9 Å². The molecule has 0 saturated heterocycles. The summed E-state index contributed by atoms with van der Waals surface area (Å²) in [6.45, 7) is 0.648. The third kappa shape index (κ3) is 5.83. The second kappa shape index (κ2) is 10.1. The van der Waals surface area contributed by atoms with Gasteiger partial charge in [-0.2, -0.15) is 4.37 Å². The van der Waals surface area contributed by atoms with Crippen LogP contribution in [0.25, 0.3) is 0 Å². The summed E-state index contributed by atoms with van der Waals surface area (Å²) in [5.41, 5.74) is 1.09. The van der Waals surface area contributed by atoms with Crippen LogP contribution in [-0.2, 0) is 0 Å². The van der Waals surface area contributed by atoms with Gasteiger partial charge in [-0.15, -0.1) is 0 Å². The highest BCUT2D eigenvalue weighted by molar-refractivity contribution is 7.11. The van der Waals surface area contributed by atoms with Gasteiger partial charge in [0, 0.05) is 23.9 Å². The average Bonchev–Trinajstić information content (AvgIpc) is 3.08. The molecule has 1 aromatic heterocycles. The molecule has 0 bridgehead atoms. The predicted octanol–water partition coefficient (Wildman–Crippen LogP) is 4.73. The molecule has 0 radical (unpaired) electrons. The second-order valence-electron chi connectivity index (χ2n) is 6.15. The van der Waals surface area contributed by atoms with Gasteiger partial charge >= 0.3 is 0 Å². The third-order valence-corrected chi connectivity index (χ3v) is 4.98. The van der Waals surface area contributed by atoms with Crippen molar-refractivity contribution in [1.82, 2.24) is 9.69 Å². The smallest absolute Gasteiger partial charge is 0.236 e. The summed E-state index contributed by atoms with van der Waals surface area (Å²) in [5.74, 6) is 1.24. The number of halogens is 1. The number of nitrogens with one attached hydrogen (secondary N) is 3. The molecule has 2 aromatic carbocycles. The molecule has 0 amide bonds. The van der Waals surface area contributed by atoms with Crippen LogP contribution in [0.2, 0.25) is 5.02 Å². The molecule has 5 N–H and O–H groups in total. The van der Waals surface area contributed by atoms with Crippen LogP contribution in [0.5, 0.6) is 17.4 Å². The van der Waals surface area contributed by atoms with E-state index in [1.54, 1.807) is 24.3 Å². The molecule has 3 aromatic rings. The van der Waals surface area contributed by atoms with E-state index in [0.29, 0.717) is 40.1 Å². The first-order chi connectivity index (χ1) is 14.1. The Balaban J connectivity index is 1.64. The van der Waals surface area contributed by atoms with Crippen LogP contribution < -0.4 is 15.4 Å². The first kappa shape index (κ1) is 20.9. The lowest BCUT2D eigenvalue weighted by molar-refractivity contribution is 0.285. The molecule has 0 fully saturated rings. The van der Waals surface area contributed by atoms with Crippen LogP contribution in [0, 0.1) is 5.41 Å². The summed E-state index contributed by atoms with van der Waals surface area (Å²) in [6.07, 6.45) is 1.39. The zero-order valence-electron chi connectivity index (χ0n) is 15.5. The molecule has 1 heterocycles. The van der Waals surface area contributed by atoms with E-state index < -0.39 is 0 Å². The van der Waals surface area contributed by atoms with Crippen LogP contribution in [0.3, 0.4) is 0 Å². The molecule has 9 heteroatoms. The Kier molecular flexibility index (Phi) is 7.29. The van der Waals surface area contributed by atoms with Gasteiger partial charge in [0.05, 0.1) is 0 Å². The highest BCUT2D eigenvalue weighted by Crippen LogP contribution is 2.33. The van der Waals surface area contributed by atoms with Gasteiger partial charge in [-0.1, -0.05) is 11.6 Å². The van der Waals surface area contributed by atoms with Crippen LogP contribution in [0.1, 0.15) is 18.4 Å². The fourth-order valence-corrected chi connectivity index (χ4v) is 3.35. The third-order valence-electron chi connectivity index (χ3n) is 3.97. The van der Waals surface area contributed by atoms with Gasteiger partial charge in [0.1, 0.15) is 27.9 Å². The van der Waals surface area contributed by atoms with Crippen LogP contribution in [-0.4, -0.2) is 33.6 Å². The largest absolute Gasteiger partial charge is 0.492 e. The van der Waals surface area contributed by atoms with Crippen molar-refractivity contribution in [3.63, 3.8) is 0 Å². The maximum atomic E-state index is 10.0. The quantitative estimate of drug-likeness (QED) is 0.190. The molecule has 0 aliphatic heterocycles. The van der Waals surface area contributed by atoms with Gasteiger partial charge in [-0.3, -0.25) is 5.41 Å². The van der Waals surface area contributed by atoms with Crippen molar-refractivity contribution in [3.05, 3.63) is 59.1 Å². The van der Waals surface area contributed by atoms with Crippen LogP contribution in [0.15, 0.2) is 48.5 Å². The summed E-state index contributed by atoms with van der Waals surface area (Å²) in [6, 6.07) is 14.4. The molecule has 0 aliphatic carbocycles. The zero-order valence-corrected chi connectivity index (χ0v) is 17.1. The normalized spacial score (nSPS) is 10.6. The van der Waals surface area contributed by atoms with E-state index in [4.69, 9.17) is 26.9 Å². The standard InChI is InChI=1S/C20H21ClN4O3S/c21-13-3-7-15(8-4-13)28-16-9-5-14(6-10-16)24-20-17(19(27)25-29-20)18(22)23-11-1-2-12-26/h3-10,24,26H,1-2,11-12H2,(H2,22,23)(H,25,27). The Morgan fingerprint density at radius 3 is 2.38 bits per heavy atom. The summed E-state index contributed by atoms with van der Waals surface area (Å²) >= 11 is 6.95. The van der Waals surface area contributed by atoms with E-state index in [0.717, 1.165) is 23.6 Å². The van der Waals surface area contributed by atoms with Gasteiger partial charge < -0.3 is 25.6 Å². The topological polar surface area (TPSA) is 110 Å². The summed E-state index contributed by atoms with van der Waals surface area (Å²) in [7, 11) is 0. The highest BCUT2D eigenvalue weighted by atomic mass is 35.5. The lowest BCUT2D eigenvalue weighted by Crippen LogP contribution is -2.25. The van der Waals surface area contributed by atoms with E-state index in [1.165, 1.54) is 0 Å². The maximum absolute atomic E-state index is 10.0. The Morgan fingerprint density at radius 1 is 1.07 bits per heavy atom. The Labute approximate surface area is 177 Å². The van der Waals surface area contributed by atoms with Gasteiger partial charge in [0.15, 0.2) is 0 Å². The van der Waals surface area contributed by atoms with Crippen molar-refractivity contribution in [1.29, 1.82) is 5.41 Å². The molecule has 0 atom stereocenters. The number of unbranched alkanes of at least 4 members (excludes halogenated alkanes) is 1. The molecule has 152 valence electrons. The molecule has 7 nitrogen and oxygen atoms in total.